The molecule has 4 heterocycles. The number of nitriles is 1. The molecule has 0 spiro atoms. The number of alkyl halides is 5. The fourth-order valence-electron chi connectivity index (χ4n) is 4.82. The molecule has 1 aliphatic heterocycles. The number of carbonyl (C=O) groups excluding carboxylic acids is 2. The number of benzene rings is 1. The maximum absolute atomic E-state index is 15.9. The maximum Gasteiger partial charge on any atom is 0.419 e. The van der Waals surface area contributed by atoms with Gasteiger partial charge in [-0.25, -0.2) is 22.6 Å². The molecular formula is C31H27F7N8O4. The van der Waals surface area contributed by atoms with Gasteiger partial charge in [0.15, 0.2) is 5.82 Å². The SMILES string of the molecule is CC(C)(C)OC(=O)NC1CC(F)(F)c2cc(F)c(-c3nnc(C(C)(C)C#N)o3)cc2N(Cc2ccc(-n3cc(C(F)(F)F)cn3)nc2F)C1=O. The Kier molecular flexibility index (Phi) is 8.87. The van der Waals surface area contributed by atoms with Gasteiger partial charge < -0.3 is 19.4 Å². The van der Waals surface area contributed by atoms with Gasteiger partial charge in [-0.3, -0.25) is 4.79 Å². The Hall–Kier alpha value is -5.54. The third-order valence-corrected chi connectivity index (χ3v) is 7.34. The Morgan fingerprint density at radius 1 is 1.14 bits per heavy atom. The van der Waals surface area contributed by atoms with E-state index in [1.54, 1.807) is 0 Å². The number of fused-ring (bicyclic) bond motifs is 1. The molecule has 1 N–H and O–H groups in total. The van der Waals surface area contributed by atoms with E-state index in [4.69, 9.17) is 9.15 Å². The molecule has 19 heteroatoms. The van der Waals surface area contributed by atoms with E-state index in [9.17, 15) is 28.0 Å². The van der Waals surface area contributed by atoms with E-state index >= 15 is 17.6 Å². The van der Waals surface area contributed by atoms with E-state index in [2.05, 4.69) is 25.6 Å². The van der Waals surface area contributed by atoms with Crippen LogP contribution in [-0.2, 0) is 33.6 Å². The highest BCUT2D eigenvalue weighted by Gasteiger charge is 2.47. The molecule has 50 heavy (non-hydrogen) atoms. The number of rotatable bonds is 6. The predicted octanol–water partition coefficient (Wildman–Crippen LogP) is 6.34. The van der Waals surface area contributed by atoms with Gasteiger partial charge >= 0.3 is 12.3 Å². The number of hydrogen-bond donors (Lipinski definition) is 1. The molecule has 0 aliphatic carbocycles. The molecule has 0 fully saturated rings. The first-order valence-corrected chi connectivity index (χ1v) is 14.7. The smallest absolute Gasteiger partial charge is 0.419 e. The lowest BCUT2D eigenvalue weighted by molar-refractivity contribution is -0.137. The van der Waals surface area contributed by atoms with Crippen molar-refractivity contribution in [1.29, 1.82) is 5.26 Å². The van der Waals surface area contributed by atoms with Crippen molar-refractivity contribution < 1.29 is 49.5 Å². The number of alkyl carbamates (subject to hydrolysis) is 1. The van der Waals surface area contributed by atoms with Gasteiger partial charge in [0.05, 0.1) is 35.6 Å². The third kappa shape index (κ3) is 7.23. The highest BCUT2D eigenvalue weighted by atomic mass is 19.4. The van der Waals surface area contributed by atoms with Crippen LogP contribution >= 0.6 is 0 Å². The summed E-state index contributed by atoms with van der Waals surface area (Å²) in [5.74, 6) is -8.87. The van der Waals surface area contributed by atoms with Gasteiger partial charge in [0.2, 0.25) is 17.7 Å². The minimum atomic E-state index is -4.74. The lowest BCUT2D eigenvalue weighted by atomic mass is 9.96. The minimum absolute atomic E-state index is 0.225. The summed E-state index contributed by atoms with van der Waals surface area (Å²) in [6.07, 6.45) is -6.24. The van der Waals surface area contributed by atoms with Crippen molar-refractivity contribution >= 4 is 17.7 Å². The van der Waals surface area contributed by atoms with Crippen LogP contribution in [0.15, 0.2) is 41.1 Å². The van der Waals surface area contributed by atoms with E-state index in [1.165, 1.54) is 34.6 Å². The molecule has 0 saturated heterocycles. The van der Waals surface area contributed by atoms with Crippen LogP contribution in [-0.4, -0.2) is 48.6 Å². The van der Waals surface area contributed by atoms with E-state index in [0.717, 1.165) is 18.2 Å². The van der Waals surface area contributed by atoms with Gasteiger partial charge in [-0.15, -0.1) is 10.2 Å². The van der Waals surface area contributed by atoms with Crippen molar-refractivity contribution in [2.75, 3.05) is 4.90 Å². The fourth-order valence-corrected chi connectivity index (χ4v) is 4.82. The third-order valence-electron chi connectivity index (χ3n) is 7.34. The van der Waals surface area contributed by atoms with Gasteiger partial charge in [-0.05, 0) is 58.9 Å². The molecule has 1 unspecified atom stereocenters. The second-order valence-corrected chi connectivity index (χ2v) is 12.8. The average Bonchev–Trinajstić information content (AvgIpc) is 3.69. The summed E-state index contributed by atoms with van der Waals surface area (Å²) in [5, 5.41) is 22.5. The van der Waals surface area contributed by atoms with Gasteiger partial charge in [-0.1, -0.05) is 0 Å². The minimum Gasteiger partial charge on any atom is -0.444 e. The van der Waals surface area contributed by atoms with Crippen LogP contribution in [0.5, 0.6) is 0 Å². The number of ether oxygens (including phenoxy) is 1. The number of nitrogens with zero attached hydrogens (tertiary/aromatic N) is 7. The number of amides is 2. The van der Waals surface area contributed by atoms with Crippen LogP contribution in [0.3, 0.4) is 0 Å². The molecule has 264 valence electrons. The van der Waals surface area contributed by atoms with Gasteiger partial charge in [-0.2, -0.15) is 32.9 Å². The molecule has 2 amide bonds. The summed E-state index contributed by atoms with van der Waals surface area (Å²) >= 11 is 0. The van der Waals surface area contributed by atoms with Crippen molar-refractivity contribution in [2.45, 2.75) is 76.7 Å². The van der Waals surface area contributed by atoms with E-state index in [-0.39, 0.29) is 11.7 Å². The molecular weight excluding hydrogens is 681 g/mol. The van der Waals surface area contributed by atoms with Crippen LogP contribution in [0.2, 0.25) is 0 Å². The molecule has 3 aromatic heterocycles. The molecule has 1 atom stereocenters. The number of nitrogens with one attached hydrogen (secondary N) is 1. The Labute approximate surface area is 278 Å². The summed E-state index contributed by atoms with van der Waals surface area (Å²) in [6.45, 7) is 6.53. The van der Waals surface area contributed by atoms with Gasteiger partial charge in [0, 0.05) is 23.7 Å². The lowest BCUT2D eigenvalue weighted by Crippen LogP contribution is -2.50. The van der Waals surface area contributed by atoms with E-state index < -0.39 is 99.7 Å². The van der Waals surface area contributed by atoms with Gasteiger partial charge in [0.1, 0.15) is 22.9 Å². The number of carbonyl (C=O) groups is 2. The maximum atomic E-state index is 15.9. The molecule has 1 aliphatic rings. The summed E-state index contributed by atoms with van der Waals surface area (Å²) in [4.78, 5) is 30.9. The van der Waals surface area contributed by atoms with Gasteiger partial charge in [0.25, 0.3) is 11.8 Å². The zero-order chi connectivity index (χ0) is 37.0. The van der Waals surface area contributed by atoms with Crippen molar-refractivity contribution in [2.24, 2.45) is 0 Å². The van der Waals surface area contributed by atoms with Crippen LogP contribution in [0.4, 0.5) is 41.2 Å². The highest BCUT2D eigenvalue weighted by Crippen LogP contribution is 2.45. The van der Waals surface area contributed by atoms with Crippen LogP contribution in [0, 0.1) is 23.1 Å². The normalized spacial score (nSPS) is 16.4. The number of aromatic nitrogens is 5. The summed E-state index contributed by atoms with van der Waals surface area (Å²) < 4.78 is 113. The number of pyridine rings is 1. The summed E-state index contributed by atoms with van der Waals surface area (Å²) in [6, 6.07) is 3.31. The number of hydrogen-bond acceptors (Lipinski definition) is 9. The molecule has 12 nitrogen and oxygen atoms in total. The Balaban J connectivity index is 1.61. The Bertz CT molecular complexity index is 2010. The van der Waals surface area contributed by atoms with Crippen LogP contribution in [0.25, 0.3) is 17.3 Å². The fraction of sp³-hybridized carbons (Fsp3) is 0.387. The molecule has 1 aromatic carbocycles. The van der Waals surface area contributed by atoms with Crippen molar-refractivity contribution in [3.05, 3.63) is 71.0 Å². The van der Waals surface area contributed by atoms with Crippen LogP contribution in [0.1, 0.15) is 63.6 Å². The topological polar surface area (TPSA) is 152 Å². The molecule has 0 bridgehead atoms. The summed E-state index contributed by atoms with van der Waals surface area (Å²) in [7, 11) is 0. The lowest BCUT2D eigenvalue weighted by Gasteiger charge is -2.27. The number of anilines is 1. The monoisotopic (exact) mass is 708 g/mol. The van der Waals surface area contributed by atoms with Crippen molar-refractivity contribution in [1.82, 2.24) is 30.3 Å². The predicted molar refractivity (Wildman–Crippen MR) is 158 cm³/mol. The first-order valence-electron chi connectivity index (χ1n) is 14.7. The Morgan fingerprint density at radius 2 is 1.84 bits per heavy atom. The Morgan fingerprint density at radius 3 is 2.44 bits per heavy atom. The van der Waals surface area contributed by atoms with E-state index in [0.29, 0.717) is 28.0 Å². The van der Waals surface area contributed by atoms with Crippen molar-refractivity contribution in [3.8, 4) is 23.3 Å². The molecule has 0 saturated carbocycles. The first-order chi connectivity index (χ1) is 23.1. The average molecular weight is 709 g/mol. The second-order valence-electron chi connectivity index (χ2n) is 12.8. The zero-order valence-corrected chi connectivity index (χ0v) is 26.9. The van der Waals surface area contributed by atoms with Crippen LogP contribution < -0.4 is 10.2 Å². The molecule has 0 radical (unpaired) electrons. The molecule has 4 aromatic rings. The standard InChI is InChI=1S/C31H27F7N8O4/c1-28(2,3)50-27(48)41-20-10-30(34,35)18-9-19(32)17(24-43-44-26(49-24)29(4,5)14-39)8-21(18)45(25(20)47)12-15-6-7-22(42-23(15)33)46-13-16(11-40-46)31(36,37)38/h6-9,11,13,20H,10,12H2,1-5H3,(H,41,48). The molecule has 5 rings (SSSR count). The largest absolute Gasteiger partial charge is 0.444 e. The summed E-state index contributed by atoms with van der Waals surface area (Å²) in [5.41, 5.74) is -6.13. The van der Waals surface area contributed by atoms with E-state index in [1.807, 2.05) is 6.07 Å². The quantitative estimate of drug-likeness (QED) is 0.179. The first kappa shape index (κ1) is 35.8. The second kappa shape index (κ2) is 12.4. The van der Waals surface area contributed by atoms with Crippen molar-refractivity contribution in [3.63, 3.8) is 0 Å². The zero-order valence-electron chi connectivity index (χ0n) is 26.9. The highest BCUT2D eigenvalue weighted by molar-refractivity contribution is 6.00. The number of halogens is 7.